The van der Waals surface area contributed by atoms with Gasteiger partial charge in [0.15, 0.2) is 5.11 Å². The SMILES string of the molecule is CN(C)/C=C(/C=C1\C(=O)NC(=S)N(c2ccc(Oc3ccccc3)cc2)C1=O)Oc1ccccc1. The number of carbonyl (C=O) groups is 2. The number of para-hydroxylation sites is 2. The van der Waals surface area contributed by atoms with Gasteiger partial charge in [-0.15, -0.1) is 0 Å². The summed E-state index contributed by atoms with van der Waals surface area (Å²) in [6.07, 6.45) is 3.08. The van der Waals surface area contributed by atoms with Gasteiger partial charge in [-0.2, -0.15) is 0 Å². The Morgan fingerprint density at radius 1 is 0.857 bits per heavy atom. The minimum absolute atomic E-state index is 0.00371. The molecule has 0 spiro atoms. The first kappa shape index (κ1) is 23.7. The van der Waals surface area contributed by atoms with E-state index in [4.69, 9.17) is 21.7 Å². The number of nitrogens with one attached hydrogen (secondary N) is 1. The molecule has 8 heteroatoms. The molecule has 1 aliphatic rings. The van der Waals surface area contributed by atoms with Crippen molar-refractivity contribution in [2.75, 3.05) is 19.0 Å². The highest BCUT2D eigenvalue weighted by atomic mass is 32.1. The first-order valence-corrected chi connectivity index (χ1v) is 11.2. The van der Waals surface area contributed by atoms with Gasteiger partial charge in [0.05, 0.1) is 5.69 Å². The number of nitrogens with zero attached hydrogens (tertiary/aromatic N) is 2. The van der Waals surface area contributed by atoms with Crippen molar-refractivity contribution in [3.05, 3.63) is 109 Å². The predicted octanol–water partition coefficient (Wildman–Crippen LogP) is 4.64. The summed E-state index contributed by atoms with van der Waals surface area (Å²) in [7, 11) is 3.63. The van der Waals surface area contributed by atoms with Crippen LogP contribution in [0.1, 0.15) is 0 Å². The minimum atomic E-state index is -0.596. The van der Waals surface area contributed by atoms with E-state index in [0.29, 0.717) is 28.7 Å². The lowest BCUT2D eigenvalue weighted by molar-refractivity contribution is -0.122. The second-order valence-corrected chi connectivity index (χ2v) is 8.16. The number of anilines is 1. The molecule has 3 aromatic carbocycles. The summed E-state index contributed by atoms with van der Waals surface area (Å²) in [6.45, 7) is 0. The smallest absolute Gasteiger partial charge is 0.270 e. The van der Waals surface area contributed by atoms with Crippen molar-refractivity contribution in [3.63, 3.8) is 0 Å². The standard InChI is InChI=1S/C27H23N3O4S/c1-29(2)18-23(34-21-11-7-4-8-12-21)17-24-25(31)28-27(35)30(26(24)32)19-13-15-22(16-14-19)33-20-9-5-3-6-10-20/h3-18H,1-2H3,(H,28,31,35)/b23-18-,24-17+. The van der Waals surface area contributed by atoms with Crippen LogP contribution < -0.4 is 19.7 Å². The Kier molecular flexibility index (Phi) is 7.23. The van der Waals surface area contributed by atoms with Crippen molar-refractivity contribution in [1.29, 1.82) is 0 Å². The largest absolute Gasteiger partial charge is 0.457 e. The van der Waals surface area contributed by atoms with Gasteiger partial charge in [0.2, 0.25) is 0 Å². The molecule has 1 N–H and O–H groups in total. The zero-order valence-corrected chi connectivity index (χ0v) is 20.0. The molecular formula is C27H23N3O4S. The Morgan fingerprint density at radius 2 is 1.43 bits per heavy atom. The molecule has 3 aromatic rings. The van der Waals surface area contributed by atoms with E-state index in [1.54, 1.807) is 47.5 Å². The van der Waals surface area contributed by atoms with E-state index in [-0.39, 0.29) is 10.7 Å². The second-order valence-electron chi connectivity index (χ2n) is 7.78. The van der Waals surface area contributed by atoms with E-state index < -0.39 is 11.8 Å². The highest BCUT2D eigenvalue weighted by Gasteiger charge is 2.35. The van der Waals surface area contributed by atoms with Crippen LogP contribution in [0.15, 0.2) is 109 Å². The molecule has 1 saturated heterocycles. The molecule has 0 bridgehead atoms. The second kappa shape index (κ2) is 10.7. The number of ether oxygens (including phenoxy) is 2. The zero-order chi connectivity index (χ0) is 24.8. The zero-order valence-electron chi connectivity index (χ0n) is 19.2. The normalized spacial score (nSPS) is 15.1. The van der Waals surface area contributed by atoms with Gasteiger partial charge in [-0.1, -0.05) is 36.4 Å². The fourth-order valence-corrected chi connectivity index (χ4v) is 3.58. The van der Waals surface area contributed by atoms with Crippen LogP contribution in [-0.4, -0.2) is 35.9 Å². The monoisotopic (exact) mass is 485 g/mol. The summed E-state index contributed by atoms with van der Waals surface area (Å²) < 4.78 is 11.7. The van der Waals surface area contributed by atoms with Gasteiger partial charge in [0.25, 0.3) is 11.8 Å². The van der Waals surface area contributed by atoms with E-state index in [1.165, 1.54) is 11.0 Å². The van der Waals surface area contributed by atoms with Crippen LogP contribution in [0.4, 0.5) is 5.69 Å². The number of thiocarbonyl (C=S) groups is 1. The Balaban J connectivity index is 1.60. The van der Waals surface area contributed by atoms with E-state index in [1.807, 2.05) is 62.6 Å². The molecule has 0 unspecified atom stereocenters. The molecule has 0 radical (unpaired) electrons. The highest BCUT2D eigenvalue weighted by Crippen LogP contribution is 2.27. The quantitative estimate of drug-likeness (QED) is 0.228. The van der Waals surface area contributed by atoms with Gasteiger partial charge in [0.1, 0.15) is 28.6 Å². The van der Waals surface area contributed by atoms with Crippen molar-refractivity contribution in [1.82, 2.24) is 10.2 Å². The van der Waals surface area contributed by atoms with Crippen LogP contribution >= 0.6 is 12.2 Å². The molecule has 7 nitrogen and oxygen atoms in total. The van der Waals surface area contributed by atoms with Crippen molar-refractivity contribution >= 4 is 34.8 Å². The summed E-state index contributed by atoms with van der Waals surface area (Å²) >= 11 is 5.30. The van der Waals surface area contributed by atoms with E-state index >= 15 is 0 Å². The molecule has 35 heavy (non-hydrogen) atoms. The third-order valence-corrected chi connectivity index (χ3v) is 5.11. The maximum atomic E-state index is 13.4. The summed E-state index contributed by atoms with van der Waals surface area (Å²) in [6, 6.07) is 25.3. The average Bonchev–Trinajstić information content (AvgIpc) is 2.83. The van der Waals surface area contributed by atoms with Crippen molar-refractivity contribution < 1.29 is 19.1 Å². The number of hydrogen-bond donors (Lipinski definition) is 1. The summed E-state index contributed by atoms with van der Waals surface area (Å²) in [5, 5.41) is 2.58. The topological polar surface area (TPSA) is 71.1 Å². The number of carbonyl (C=O) groups excluding carboxylic acids is 2. The molecule has 1 fully saturated rings. The van der Waals surface area contributed by atoms with Crippen molar-refractivity contribution in [2.45, 2.75) is 0 Å². The highest BCUT2D eigenvalue weighted by molar-refractivity contribution is 7.80. The molecule has 0 aliphatic carbocycles. The maximum Gasteiger partial charge on any atom is 0.270 e. The average molecular weight is 486 g/mol. The van der Waals surface area contributed by atoms with Gasteiger partial charge in [0, 0.05) is 26.4 Å². The van der Waals surface area contributed by atoms with Gasteiger partial charge in [-0.05, 0) is 60.7 Å². The van der Waals surface area contributed by atoms with Gasteiger partial charge in [-0.25, -0.2) is 0 Å². The van der Waals surface area contributed by atoms with Gasteiger partial charge >= 0.3 is 0 Å². The molecule has 1 aliphatic heterocycles. The number of benzene rings is 3. The van der Waals surface area contributed by atoms with Crippen LogP contribution in [0.25, 0.3) is 0 Å². The lowest BCUT2D eigenvalue weighted by atomic mass is 10.1. The molecule has 0 aromatic heterocycles. The lowest BCUT2D eigenvalue weighted by Crippen LogP contribution is -2.54. The van der Waals surface area contributed by atoms with Crippen LogP contribution in [-0.2, 0) is 9.59 Å². The van der Waals surface area contributed by atoms with E-state index in [2.05, 4.69) is 5.32 Å². The maximum absolute atomic E-state index is 13.4. The molecule has 176 valence electrons. The molecule has 1 heterocycles. The summed E-state index contributed by atoms with van der Waals surface area (Å²) in [5.41, 5.74) is 0.390. The van der Waals surface area contributed by atoms with Crippen molar-refractivity contribution in [2.24, 2.45) is 0 Å². The fourth-order valence-electron chi connectivity index (χ4n) is 3.29. The Morgan fingerprint density at radius 3 is 2.03 bits per heavy atom. The molecule has 2 amide bonds. The van der Waals surface area contributed by atoms with Crippen LogP contribution in [0, 0.1) is 0 Å². The van der Waals surface area contributed by atoms with Crippen molar-refractivity contribution in [3.8, 4) is 17.2 Å². The number of allylic oxidation sites excluding steroid dienone is 1. The van der Waals surface area contributed by atoms with Gasteiger partial charge < -0.3 is 14.4 Å². The molecular weight excluding hydrogens is 462 g/mol. The lowest BCUT2D eigenvalue weighted by Gasteiger charge is -2.29. The number of rotatable bonds is 7. The Bertz CT molecular complexity index is 1290. The summed E-state index contributed by atoms with van der Waals surface area (Å²) in [4.78, 5) is 29.1. The molecule has 0 atom stereocenters. The Hall–Kier alpha value is -4.43. The van der Waals surface area contributed by atoms with Crippen LogP contribution in [0.5, 0.6) is 17.2 Å². The first-order valence-electron chi connectivity index (χ1n) is 10.8. The third-order valence-electron chi connectivity index (χ3n) is 4.83. The van der Waals surface area contributed by atoms with E-state index in [9.17, 15) is 9.59 Å². The minimum Gasteiger partial charge on any atom is -0.457 e. The van der Waals surface area contributed by atoms with Crippen LogP contribution in [0.2, 0.25) is 0 Å². The molecule has 4 rings (SSSR count). The number of hydrogen-bond acceptors (Lipinski definition) is 6. The summed E-state index contributed by atoms with van der Waals surface area (Å²) in [5.74, 6) is 1.03. The predicted molar refractivity (Wildman–Crippen MR) is 138 cm³/mol. The third kappa shape index (κ3) is 5.93. The molecule has 0 saturated carbocycles. The van der Waals surface area contributed by atoms with E-state index in [0.717, 1.165) is 0 Å². The Labute approximate surface area is 208 Å². The van der Waals surface area contributed by atoms with Gasteiger partial charge in [-0.3, -0.25) is 19.8 Å². The van der Waals surface area contributed by atoms with Crippen LogP contribution in [0.3, 0.4) is 0 Å². The first-order chi connectivity index (χ1) is 16.9. The fraction of sp³-hybridized carbons (Fsp3) is 0.0741. The number of amides is 2.